The molecule has 0 radical (unpaired) electrons. The van der Waals surface area contributed by atoms with E-state index in [1.807, 2.05) is 60.4 Å². The lowest BCUT2D eigenvalue weighted by Crippen LogP contribution is -2.35. The summed E-state index contributed by atoms with van der Waals surface area (Å²) in [5, 5.41) is 9.91. The van der Waals surface area contributed by atoms with Crippen LogP contribution in [0, 0.1) is 17.2 Å². The summed E-state index contributed by atoms with van der Waals surface area (Å²) in [7, 11) is 0. The topological polar surface area (TPSA) is 57.0 Å². The van der Waals surface area contributed by atoms with E-state index < -0.39 is 0 Å². The van der Waals surface area contributed by atoms with Crippen LogP contribution >= 0.6 is 23.5 Å². The van der Waals surface area contributed by atoms with E-state index in [1.54, 1.807) is 11.8 Å². The summed E-state index contributed by atoms with van der Waals surface area (Å²) in [6.07, 6.45) is 1.48. The van der Waals surface area contributed by atoms with Crippen LogP contribution in [-0.4, -0.2) is 16.1 Å². The highest BCUT2D eigenvalue weighted by Crippen LogP contribution is 2.48. The van der Waals surface area contributed by atoms with Gasteiger partial charge in [0.2, 0.25) is 5.91 Å². The lowest BCUT2D eigenvalue weighted by molar-refractivity contribution is -0.117. The van der Waals surface area contributed by atoms with Crippen LogP contribution in [0.2, 0.25) is 0 Å². The van der Waals surface area contributed by atoms with Gasteiger partial charge in [-0.3, -0.25) is 9.69 Å². The van der Waals surface area contributed by atoms with Gasteiger partial charge in [-0.05, 0) is 55.2 Å². The average Bonchev–Trinajstić information content (AvgIpc) is 2.80. The van der Waals surface area contributed by atoms with Crippen molar-refractivity contribution in [1.82, 2.24) is 4.98 Å². The van der Waals surface area contributed by atoms with Crippen molar-refractivity contribution >= 4 is 40.8 Å². The molecule has 1 aliphatic heterocycles. The zero-order valence-corrected chi connectivity index (χ0v) is 20.0. The third kappa shape index (κ3) is 4.55. The predicted molar refractivity (Wildman–Crippen MR) is 132 cm³/mol. The van der Waals surface area contributed by atoms with Crippen LogP contribution in [-0.2, 0) is 11.2 Å². The van der Waals surface area contributed by atoms with Gasteiger partial charge in [-0.2, -0.15) is 5.26 Å². The lowest BCUT2D eigenvalue weighted by atomic mass is 10.1. The number of hydrogen-bond acceptors (Lipinski definition) is 5. The fourth-order valence-electron chi connectivity index (χ4n) is 3.71. The Balaban J connectivity index is 1.70. The molecule has 0 bridgehead atoms. The molecule has 1 aromatic heterocycles. The molecule has 1 unspecified atom stereocenters. The Bertz CT molecular complexity index is 1140. The van der Waals surface area contributed by atoms with Crippen LogP contribution in [0.25, 0.3) is 0 Å². The van der Waals surface area contributed by atoms with Crippen molar-refractivity contribution in [2.45, 2.75) is 53.7 Å². The largest absolute Gasteiger partial charge is 0.278 e. The Morgan fingerprint density at radius 3 is 2.25 bits per heavy atom. The number of aromatic nitrogens is 1. The van der Waals surface area contributed by atoms with Crippen molar-refractivity contribution in [2.24, 2.45) is 5.92 Å². The summed E-state index contributed by atoms with van der Waals surface area (Å²) in [5.41, 5.74) is 3.28. The molecular weight excluding hydrogens is 434 g/mol. The van der Waals surface area contributed by atoms with Crippen LogP contribution < -0.4 is 4.90 Å². The molecule has 2 heterocycles. The van der Waals surface area contributed by atoms with Gasteiger partial charge < -0.3 is 0 Å². The molecule has 1 atom stereocenters. The van der Waals surface area contributed by atoms with E-state index >= 15 is 0 Å². The van der Waals surface area contributed by atoms with E-state index in [1.165, 1.54) is 11.8 Å². The third-order valence-corrected chi connectivity index (χ3v) is 7.69. The smallest absolute Gasteiger partial charge is 0.245 e. The lowest BCUT2D eigenvalue weighted by Gasteiger charge is -2.33. The monoisotopic (exact) mass is 459 g/mol. The molecule has 3 aromatic rings. The molecular formula is C26H25N3OS2. The molecule has 2 aromatic carbocycles. The zero-order valence-electron chi connectivity index (χ0n) is 18.4. The van der Waals surface area contributed by atoms with Crippen LogP contribution in [0.4, 0.5) is 11.4 Å². The van der Waals surface area contributed by atoms with Gasteiger partial charge >= 0.3 is 0 Å². The minimum atomic E-state index is -0.354. The van der Waals surface area contributed by atoms with E-state index in [2.05, 4.69) is 32.0 Å². The second-order valence-corrected chi connectivity index (χ2v) is 10.4. The van der Waals surface area contributed by atoms with Crippen LogP contribution in [0.15, 0.2) is 75.5 Å². The molecule has 32 heavy (non-hydrogen) atoms. The molecule has 0 saturated carbocycles. The highest BCUT2D eigenvalue weighted by molar-refractivity contribution is 8.00. The molecule has 1 aliphatic rings. The summed E-state index contributed by atoms with van der Waals surface area (Å²) < 4.78 is 0. The third-order valence-electron chi connectivity index (χ3n) is 5.21. The minimum Gasteiger partial charge on any atom is -0.278 e. The van der Waals surface area contributed by atoms with Gasteiger partial charge in [0, 0.05) is 15.5 Å². The number of amides is 1. The number of benzene rings is 2. The number of anilines is 2. The first kappa shape index (κ1) is 22.4. The first-order valence-corrected chi connectivity index (χ1v) is 12.5. The summed E-state index contributed by atoms with van der Waals surface area (Å²) in [6.45, 7) is 6.30. The van der Waals surface area contributed by atoms with Crippen molar-refractivity contribution in [3.63, 3.8) is 0 Å². The molecule has 4 rings (SSSR count). The van der Waals surface area contributed by atoms with Crippen molar-refractivity contribution in [1.29, 1.82) is 5.26 Å². The predicted octanol–water partition coefficient (Wildman–Crippen LogP) is 6.85. The van der Waals surface area contributed by atoms with E-state index in [0.717, 1.165) is 33.3 Å². The number of carbonyl (C=O) groups is 1. The van der Waals surface area contributed by atoms with E-state index in [0.29, 0.717) is 22.9 Å². The maximum Gasteiger partial charge on any atom is 0.245 e. The Morgan fingerprint density at radius 2 is 1.69 bits per heavy atom. The quantitative estimate of drug-likeness (QED) is 0.377. The van der Waals surface area contributed by atoms with Gasteiger partial charge in [0.25, 0.3) is 0 Å². The minimum absolute atomic E-state index is 0.0117. The van der Waals surface area contributed by atoms with Gasteiger partial charge in [-0.15, -0.1) is 0 Å². The van der Waals surface area contributed by atoms with E-state index in [4.69, 9.17) is 4.98 Å². The first-order chi connectivity index (χ1) is 15.5. The maximum absolute atomic E-state index is 13.9. The standard InChI is InChI=1S/C26H25N3OS2/c1-4-22(32-25-18(16-27)13-14-19(28-25)15-17(2)3)26(30)29-20-9-5-7-11-23(20)31-24-12-8-6-10-21(24)29/h5-14,17,22H,4,15H2,1-3H3. The molecule has 1 amide bonds. The average molecular weight is 460 g/mol. The fourth-order valence-corrected chi connectivity index (χ4v) is 5.83. The molecule has 0 fully saturated rings. The van der Waals surface area contributed by atoms with Crippen LogP contribution in [0.5, 0.6) is 0 Å². The van der Waals surface area contributed by atoms with E-state index in [9.17, 15) is 10.1 Å². The summed E-state index contributed by atoms with van der Waals surface area (Å²) in [4.78, 5) is 22.6. The summed E-state index contributed by atoms with van der Waals surface area (Å²) in [5.74, 6) is 0.480. The summed E-state index contributed by atoms with van der Waals surface area (Å²) in [6, 6.07) is 22.0. The number of fused-ring (bicyclic) bond motifs is 2. The Hall–Kier alpha value is -2.75. The van der Waals surface area contributed by atoms with Crippen molar-refractivity contribution in [3.05, 3.63) is 71.9 Å². The van der Waals surface area contributed by atoms with Crippen molar-refractivity contribution in [3.8, 4) is 6.07 Å². The first-order valence-electron chi connectivity index (χ1n) is 10.8. The number of nitriles is 1. The highest BCUT2D eigenvalue weighted by atomic mass is 32.2. The molecule has 6 heteroatoms. The number of nitrogens with zero attached hydrogens (tertiary/aromatic N) is 3. The Labute approximate surface area is 198 Å². The number of rotatable bonds is 6. The van der Waals surface area contributed by atoms with Gasteiger partial charge in [0.15, 0.2) is 0 Å². The second-order valence-electron chi connectivity index (χ2n) is 8.09. The normalized spacial score (nSPS) is 13.3. The number of pyridine rings is 1. The highest BCUT2D eigenvalue weighted by Gasteiger charge is 2.33. The number of carbonyl (C=O) groups excluding carboxylic acids is 1. The molecule has 0 N–H and O–H groups in total. The molecule has 4 nitrogen and oxygen atoms in total. The zero-order chi connectivity index (χ0) is 22.7. The number of para-hydroxylation sites is 2. The van der Waals surface area contributed by atoms with Gasteiger partial charge in [-0.1, -0.05) is 68.6 Å². The Morgan fingerprint density at radius 1 is 1.06 bits per heavy atom. The van der Waals surface area contributed by atoms with E-state index in [-0.39, 0.29) is 11.2 Å². The van der Waals surface area contributed by atoms with Crippen LogP contribution in [0.1, 0.15) is 38.4 Å². The SMILES string of the molecule is CCC(Sc1nc(CC(C)C)ccc1C#N)C(=O)N1c2ccccc2Sc2ccccc21. The van der Waals surface area contributed by atoms with Gasteiger partial charge in [-0.25, -0.2) is 4.98 Å². The van der Waals surface area contributed by atoms with Crippen LogP contribution in [0.3, 0.4) is 0 Å². The summed E-state index contributed by atoms with van der Waals surface area (Å²) >= 11 is 3.09. The molecule has 162 valence electrons. The van der Waals surface area contributed by atoms with Crippen molar-refractivity contribution < 1.29 is 4.79 Å². The Kier molecular flexibility index (Phi) is 6.88. The van der Waals surface area contributed by atoms with Crippen molar-refractivity contribution in [2.75, 3.05) is 4.90 Å². The second kappa shape index (κ2) is 9.81. The van der Waals surface area contributed by atoms with Gasteiger partial charge in [0.05, 0.1) is 22.2 Å². The molecule has 0 spiro atoms. The molecule has 0 saturated heterocycles. The maximum atomic E-state index is 13.9. The number of thioether (sulfide) groups is 1. The molecule has 0 aliphatic carbocycles. The fraction of sp³-hybridized carbons (Fsp3) is 0.269. The number of hydrogen-bond donors (Lipinski definition) is 0. The van der Waals surface area contributed by atoms with Gasteiger partial charge in [0.1, 0.15) is 11.1 Å².